The number of carbonyl (C=O) groups is 1. The number of hydrogen-bond acceptors (Lipinski definition) is 5. The minimum atomic E-state index is -0.163. The summed E-state index contributed by atoms with van der Waals surface area (Å²) in [5.41, 5.74) is 0.728. The third-order valence-electron chi connectivity index (χ3n) is 4.93. The van der Waals surface area contributed by atoms with Crippen LogP contribution >= 0.6 is 0 Å². The number of aliphatic hydroxyl groups excluding tert-OH is 1. The van der Waals surface area contributed by atoms with Crippen molar-refractivity contribution in [2.24, 2.45) is 0 Å². The quantitative estimate of drug-likeness (QED) is 0.886. The summed E-state index contributed by atoms with van der Waals surface area (Å²) in [7, 11) is 0. The molecule has 6 nitrogen and oxygen atoms in total. The highest BCUT2D eigenvalue weighted by molar-refractivity contribution is 5.96. The Hall–Kier alpha value is -1.89. The van der Waals surface area contributed by atoms with E-state index >= 15 is 0 Å². The SMILES string of the molecule is O=C(N[C@@H]1C[C@H]2CO[C@@H](CCO)CN2C1)c1cc2ccccc2o1. The minimum Gasteiger partial charge on any atom is -0.451 e. The summed E-state index contributed by atoms with van der Waals surface area (Å²) in [5.74, 6) is 0.194. The molecule has 0 saturated carbocycles. The van der Waals surface area contributed by atoms with Gasteiger partial charge in [0.2, 0.25) is 0 Å². The van der Waals surface area contributed by atoms with Crippen molar-refractivity contribution >= 4 is 16.9 Å². The average molecular weight is 330 g/mol. The van der Waals surface area contributed by atoms with Crippen LogP contribution < -0.4 is 5.32 Å². The fourth-order valence-electron chi connectivity index (χ4n) is 3.72. The number of fused-ring (bicyclic) bond motifs is 2. The van der Waals surface area contributed by atoms with Gasteiger partial charge in [0.05, 0.1) is 12.7 Å². The Morgan fingerprint density at radius 2 is 2.21 bits per heavy atom. The highest BCUT2D eigenvalue weighted by Gasteiger charge is 2.37. The summed E-state index contributed by atoms with van der Waals surface area (Å²) in [5, 5.41) is 13.1. The first-order valence-corrected chi connectivity index (χ1v) is 8.49. The van der Waals surface area contributed by atoms with E-state index in [0.29, 0.717) is 24.8 Å². The molecule has 2 fully saturated rings. The maximum atomic E-state index is 12.5. The van der Waals surface area contributed by atoms with Crippen LogP contribution in [0.1, 0.15) is 23.4 Å². The van der Waals surface area contributed by atoms with Crippen molar-refractivity contribution < 1.29 is 19.1 Å². The Bertz CT molecular complexity index is 696. The molecule has 0 unspecified atom stereocenters. The van der Waals surface area contributed by atoms with Crippen LogP contribution in [0.5, 0.6) is 0 Å². The fourth-order valence-corrected chi connectivity index (χ4v) is 3.72. The first-order valence-electron chi connectivity index (χ1n) is 8.49. The molecule has 128 valence electrons. The van der Waals surface area contributed by atoms with Gasteiger partial charge in [0.1, 0.15) is 5.58 Å². The van der Waals surface area contributed by atoms with E-state index in [2.05, 4.69) is 10.2 Å². The monoisotopic (exact) mass is 330 g/mol. The molecule has 3 heterocycles. The predicted octanol–water partition coefficient (Wildman–Crippen LogP) is 1.39. The standard InChI is InChI=1S/C18H22N2O4/c21-6-5-15-10-20-9-13(8-14(20)11-23-15)19-18(22)17-7-12-3-1-2-4-16(12)24-17/h1-4,7,13-15,21H,5-6,8-11H2,(H,19,22)/t13-,14+,15+/m1/s1. The van der Waals surface area contributed by atoms with Crippen molar-refractivity contribution in [2.75, 3.05) is 26.3 Å². The van der Waals surface area contributed by atoms with Crippen molar-refractivity contribution in [3.05, 3.63) is 36.1 Å². The number of carbonyl (C=O) groups excluding carboxylic acids is 1. The second kappa shape index (κ2) is 6.55. The highest BCUT2D eigenvalue weighted by atomic mass is 16.5. The third kappa shape index (κ3) is 3.05. The second-order valence-corrected chi connectivity index (χ2v) is 6.63. The summed E-state index contributed by atoms with van der Waals surface area (Å²) in [6.45, 7) is 2.46. The molecule has 1 aromatic carbocycles. The van der Waals surface area contributed by atoms with Gasteiger partial charge in [0.25, 0.3) is 5.91 Å². The van der Waals surface area contributed by atoms with Crippen molar-refractivity contribution in [1.29, 1.82) is 0 Å². The Morgan fingerprint density at radius 3 is 3.04 bits per heavy atom. The number of benzene rings is 1. The number of nitrogens with one attached hydrogen (secondary N) is 1. The zero-order valence-corrected chi connectivity index (χ0v) is 13.5. The molecule has 2 aliphatic rings. The van der Waals surface area contributed by atoms with Gasteiger partial charge in [-0.1, -0.05) is 18.2 Å². The van der Waals surface area contributed by atoms with Gasteiger partial charge in [-0.05, 0) is 25.0 Å². The van der Waals surface area contributed by atoms with Crippen molar-refractivity contribution in [3.8, 4) is 0 Å². The van der Waals surface area contributed by atoms with Crippen LogP contribution in [0.15, 0.2) is 34.7 Å². The minimum absolute atomic E-state index is 0.0936. The van der Waals surface area contributed by atoms with Crippen molar-refractivity contribution in [1.82, 2.24) is 10.2 Å². The molecular formula is C18H22N2O4. The van der Waals surface area contributed by atoms with E-state index in [1.54, 1.807) is 6.07 Å². The number of para-hydroxylation sites is 1. The number of nitrogens with zero attached hydrogens (tertiary/aromatic N) is 1. The molecule has 1 aromatic heterocycles. The number of furan rings is 1. The number of hydrogen-bond donors (Lipinski definition) is 2. The molecule has 4 rings (SSSR count). The van der Waals surface area contributed by atoms with Gasteiger partial charge in [-0.2, -0.15) is 0 Å². The number of amides is 1. The maximum Gasteiger partial charge on any atom is 0.287 e. The number of aliphatic hydroxyl groups is 1. The molecule has 3 atom stereocenters. The molecule has 2 aliphatic heterocycles. The lowest BCUT2D eigenvalue weighted by atomic mass is 10.1. The summed E-state index contributed by atoms with van der Waals surface area (Å²) in [6.07, 6.45) is 1.65. The maximum absolute atomic E-state index is 12.5. The van der Waals surface area contributed by atoms with Crippen LogP contribution in [-0.4, -0.2) is 60.4 Å². The third-order valence-corrected chi connectivity index (χ3v) is 4.93. The lowest BCUT2D eigenvalue weighted by Gasteiger charge is -2.34. The molecule has 2 saturated heterocycles. The normalized spacial score (nSPS) is 27.3. The molecule has 1 amide bonds. The lowest BCUT2D eigenvalue weighted by molar-refractivity contribution is -0.0566. The van der Waals surface area contributed by atoms with Crippen LogP contribution in [0.2, 0.25) is 0 Å². The smallest absolute Gasteiger partial charge is 0.287 e. The molecule has 0 radical (unpaired) electrons. The molecule has 0 aliphatic carbocycles. The van der Waals surface area contributed by atoms with E-state index in [-0.39, 0.29) is 24.7 Å². The summed E-state index contributed by atoms with van der Waals surface area (Å²) < 4.78 is 11.4. The zero-order chi connectivity index (χ0) is 16.5. The number of rotatable bonds is 4. The van der Waals surface area contributed by atoms with E-state index in [0.717, 1.165) is 30.5 Å². The van der Waals surface area contributed by atoms with E-state index in [1.165, 1.54) is 0 Å². The molecular weight excluding hydrogens is 308 g/mol. The second-order valence-electron chi connectivity index (χ2n) is 6.63. The largest absolute Gasteiger partial charge is 0.451 e. The Morgan fingerprint density at radius 1 is 1.33 bits per heavy atom. The van der Waals surface area contributed by atoms with Crippen LogP contribution in [0, 0.1) is 0 Å². The Labute approximate surface area is 140 Å². The van der Waals surface area contributed by atoms with E-state index < -0.39 is 0 Å². The Balaban J connectivity index is 1.38. The predicted molar refractivity (Wildman–Crippen MR) is 88.9 cm³/mol. The van der Waals surface area contributed by atoms with E-state index in [1.807, 2.05) is 24.3 Å². The topological polar surface area (TPSA) is 74.9 Å². The van der Waals surface area contributed by atoms with Gasteiger partial charge in [-0.3, -0.25) is 9.69 Å². The summed E-state index contributed by atoms with van der Waals surface area (Å²) in [6, 6.07) is 9.86. The number of ether oxygens (including phenoxy) is 1. The molecule has 6 heteroatoms. The van der Waals surface area contributed by atoms with Crippen LogP contribution in [0.3, 0.4) is 0 Å². The first-order chi connectivity index (χ1) is 11.7. The first kappa shape index (κ1) is 15.6. The lowest BCUT2D eigenvalue weighted by Crippen LogP contribution is -2.46. The van der Waals surface area contributed by atoms with Gasteiger partial charge in [-0.15, -0.1) is 0 Å². The molecule has 2 N–H and O–H groups in total. The van der Waals surface area contributed by atoms with E-state index in [4.69, 9.17) is 14.3 Å². The highest BCUT2D eigenvalue weighted by Crippen LogP contribution is 2.25. The van der Waals surface area contributed by atoms with Crippen LogP contribution in [0.25, 0.3) is 11.0 Å². The number of morpholine rings is 1. The average Bonchev–Trinajstić information content (AvgIpc) is 3.17. The fraction of sp³-hybridized carbons (Fsp3) is 0.500. The van der Waals surface area contributed by atoms with Gasteiger partial charge in [-0.25, -0.2) is 0 Å². The van der Waals surface area contributed by atoms with E-state index in [9.17, 15) is 4.79 Å². The molecule has 0 spiro atoms. The van der Waals surface area contributed by atoms with Gasteiger partial charge < -0.3 is 19.6 Å². The van der Waals surface area contributed by atoms with Crippen LogP contribution in [0.4, 0.5) is 0 Å². The van der Waals surface area contributed by atoms with Gasteiger partial charge in [0.15, 0.2) is 5.76 Å². The van der Waals surface area contributed by atoms with Crippen LogP contribution in [-0.2, 0) is 4.74 Å². The Kier molecular flexibility index (Phi) is 4.26. The molecule has 24 heavy (non-hydrogen) atoms. The van der Waals surface area contributed by atoms with Gasteiger partial charge >= 0.3 is 0 Å². The molecule has 2 aromatic rings. The van der Waals surface area contributed by atoms with Crippen molar-refractivity contribution in [2.45, 2.75) is 31.0 Å². The van der Waals surface area contributed by atoms with Crippen molar-refractivity contribution in [3.63, 3.8) is 0 Å². The summed E-state index contributed by atoms with van der Waals surface area (Å²) in [4.78, 5) is 14.8. The molecule has 0 bridgehead atoms. The summed E-state index contributed by atoms with van der Waals surface area (Å²) >= 11 is 0. The zero-order valence-electron chi connectivity index (χ0n) is 13.5. The van der Waals surface area contributed by atoms with Gasteiger partial charge in [0, 0.05) is 37.2 Å².